The van der Waals surface area contributed by atoms with Crippen molar-refractivity contribution in [2.24, 2.45) is 5.41 Å². The van der Waals surface area contributed by atoms with Gasteiger partial charge in [0.05, 0.1) is 11.4 Å². The molecule has 0 unspecified atom stereocenters. The molecule has 2 aliphatic rings. The summed E-state index contributed by atoms with van der Waals surface area (Å²) in [7, 11) is 0. The van der Waals surface area contributed by atoms with Gasteiger partial charge in [-0.2, -0.15) is 0 Å². The van der Waals surface area contributed by atoms with E-state index in [1.807, 2.05) is 20.0 Å². The van der Waals surface area contributed by atoms with E-state index in [2.05, 4.69) is 28.6 Å². The summed E-state index contributed by atoms with van der Waals surface area (Å²) >= 11 is 0. The van der Waals surface area contributed by atoms with Gasteiger partial charge >= 0.3 is 0 Å². The molecule has 23 heavy (non-hydrogen) atoms. The van der Waals surface area contributed by atoms with Gasteiger partial charge in [0.15, 0.2) is 0 Å². The van der Waals surface area contributed by atoms with Crippen molar-refractivity contribution in [3.63, 3.8) is 0 Å². The number of anilines is 1. The highest BCUT2D eigenvalue weighted by Gasteiger charge is 2.42. The molecule has 0 saturated carbocycles. The van der Waals surface area contributed by atoms with E-state index in [4.69, 9.17) is 4.98 Å². The molecule has 0 N–H and O–H groups in total. The zero-order chi connectivity index (χ0) is 16.6. The molecule has 1 aromatic rings. The van der Waals surface area contributed by atoms with E-state index >= 15 is 0 Å². The first-order valence-electron chi connectivity index (χ1n) is 8.75. The Balaban J connectivity index is 1.83. The van der Waals surface area contributed by atoms with Gasteiger partial charge in [-0.1, -0.05) is 0 Å². The minimum absolute atomic E-state index is 0.217. The molecule has 1 amide bonds. The summed E-state index contributed by atoms with van der Waals surface area (Å²) in [5, 5.41) is 0. The maximum absolute atomic E-state index is 12.2. The fraction of sp³-hybridized carbons (Fsp3) is 0.722. The van der Waals surface area contributed by atoms with Crippen molar-refractivity contribution in [3.05, 3.63) is 17.6 Å². The fourth-order valence-corrected chi connectivity index (χ4v) is 4.06. The Morgan fingerprint density at radius 3 is 2.74 bits per heavy atom. The maximum atomic E-state index is 12.2. The van der Waals surface area contributed by atoms with Crippen LogP contribution in [-0.2, 0) is 4.79 Å². The number of carbonyl (C=O) groups excluding carboxylic acids is 1. The number of rotatable bonds is 2. The number of likely N-dealkylation sites (tertiary alicyclic amines) is 1. The van der Waals surface area contributed by atoms with Gasteiger partial charge in [0.1, 0.15) is 5.82 Å². The van der Waals surface area contributed by atoms with E-state index in [0.29, 0.717) is 12.3 Å². The lowest BCUT2D eigenvalue weighted by atomic mass is 9.73. The molecule has 1 atom stereocenters. The van der Waals surface area contributed by atoms with Crippen LogP contribution in [0.4, 0.5) is 5.82 Å². The molecular formula is C18H28N4O. The zero-order valence-electron chi connectivity index (χ0n) is 14.8. The lowest BCUT2D eigenvalue weighted by Crippen LogP contribution is -2.55. The average molecular weight is 316 g/mol. The Morgan fingerprint density at radius 1 is 1.22 bits per heavy atom. The van der Waals surface area contributed by atoms with Gasteiger partial charge in [0, 0.05) is 43.7 Å². The predicted molar refractivity (Wildman–Crippen MR) is 91.5 cm³/mol. The monoisotopic (exact) mass is 316 g/mol. The average Bonchev–Trinajstić information content (AvgIpc) is 2.52. The number of amides is 1. The van der Waals surface area contributed by atoms with E-state index < -0.39 is 0 Å². The second-order valence-corrected chi connectivity index (χ2v) is 7.56. The van der Waals surface area contributed by atoms with Gasteiger partial charge in [0.2, 0.25) is 5.91 Å². The van der Waals surface area contributed by atoms with Crippen molar-refractivity contribution >= 4 is 11.7 Å². The van der Waals surface area contributed by atoms with E-state index in [1.165, 1.54) is 6.42 Å². The molecule has 0 bridgehead atoms. The molecular weight excluding hydrogens is 288 g/mol. The molecule has 3 rings (SSSR count). The summed E-state index contributed by atoms with van der Waals surface area (Å²) < 4.78 is 0. The van der Waals surface area contributed by atoms with Crippen molar-refractivity contribution in [1.29, 1.82) is 0 Å². The molecule has 3 heterocycles. The normalized spacial score (nSPS) is 25.5. The van der Waals surface area contributed by atoms with Crippen LogP contribution in [0.1, 0.15) is 50.9 Å². The Bertz CT molecular complexity index is 601. The van der Waals surface area contributed by atoms with Crippen LogP contribution in [0.2, 0.25) is 0 Å². The third kappa shape index (κ3) is 3.19. The predicted octanol–water partition coefficient (Wildman–Crippen LogP) is 2.71. The quantitative estimate of drug-likeness (QED) is 0.842. The number of hydrogen-bond donors (Lipinski definition) is 0. The number of aryl methyl sites for hydroxylation is 2. The van der Waals surface area contributed by atoms with Crippen molar-refractivity contribution < 1.29 is 4.79 Å². The summed E-state index contributed by atoms with van der Waals surface area (Å²) in [5.41, 5.74) is 2.18. The molecule has 5 heteroatoms. The van der Waals surface area contributed by atoms with Gasteiger partial charge in [-0.3, -0.25) is 9.78 Å². The lowest BCUT2D eigenvalue weighted by molar-refractivity contribution is -0.140. The van der Waals surface area contributed by atoms with E-state index in [1.54, 1.807) is 0 Å². The van der Waals surface area contributed by atoms with Gasteiger partial charge in [0.25, 0.3) is 0 Å². The Labute approximate surface area is 139 Å². The van der Waals surface area contributed by atoms with Crippen LogP contribution in [0.15, 0.2) is 6.20 Å². The first-order chi connectivity index (χ1) is 10.9. The molecule has 126 valence electrons. The van der Waals surface area contributed by atoms with Gasteiger partial charge < -0.3 is 9.80 Å². The van der Waals surface area contributed by atoms with E-state index in [-0.39, 0.29) is 11.5 Å². The number of piperidine rings is 2. The van der Waals surface area contributed by atoms with E-state index in [9.17, 15) is 4.79 Å². The first kappa shape index (κ1) is 16.2. The van der Waals surface area contributed by atoms with Crippen LogP contribution in [-0.4, -0.2) is 46.5 Å². The summed E-state index contributed by atoms with van der Waals surface area (Å²) in [6, 6.07) is 0.288. The lowest BCUT2D eigenvalue weighted by Gasteiger charge is -2.49. The first-order valence-corrected chi connectivity index (χ1v) is 8.75. The van der Waals surface area contributed by atoms with Gasteiger partial charge in [-0.25, -0.2) is 4.98 Å². The second kappa shape index (κ2) is 6.10. The standard InChI is InChI=1S/C18H28N4O/c1-13(2)22-12-18(8-6-16(22)23)7-5-9-21(11-18)17-15(4)19-10-14(3)20-17/h10,13H,5-9,11-12H2,1-4H3/t18-/m0/s1. The molecule has 0 aliphatic carbocycles. The summed E-state index contributed by atoms with van der Waals surface area (Å²) in [6.07, 6.45) is 5.89. The van der Waals surface area contributed by atoms with Crippen LogP contribution in [0.3, 0.4) is 0 Å². The molecule has 2 aliphatic heterocycles. The van der Waals surface area contributed by atoms with Crippen LogP contribution >= 0.6 is 0 Å². The molecule has 1 aromatic heterocycles. The van der Waals surface area contributed by atoms with Crippen LogP contribution in [0, 0.1) is 19.3 Å². The highest BCUT2D eigenvalue weighted by molar-refractivity contribution is 5.77. The molecule has 5 nitrogen and oxygen atoms in total. The highest BCUT2D eigenvalue weighted by Crippen LogP contribution is 2.40. The number of aromatic nitrogens is 2. The van der Waals surface area contributed by atoms with Crippen LogP contribution < -0.4 is 4.90 Å². The topological polar surface area (TPSA) is 49.3 Å². The fourth-order valence-electron chi connectivity index (χ4n) is 4.06. The minimum atomic E-state index is 0.217. The minimum Gasteiger partial charge on any atom is -0.354 e. The smallest absolute Gasteiger partial charge is 0.222 e. The molecule has 2 saturated heterocycles. The van der Waals surface area contributed by atoms with Gasteiger partial charge in [-0.15, -0.1) is 0 Å². The van der Waals surface area contributed by atoms with Crippen molar-refractivity contribution in [3.8, 4) is 0 Å². The third-order valence-electron chi connectivity index (χ3n) is 5.33. The third-order valence-corrected chi connectivity index (χ3v) is 5.33. The second-order valence-electron chi connectivity index (χ2n) is 7.56. The van der Waals surface area contributed by atoms with Crippen molar-refractivity contribution in [2.45, 2.75) is 59.4 Å². The number of nitrogens with zero attached hydrogens (tertiary/aromatic N) is 4. The van der Waals surface area contributed by atoms with Crippen LogP contribution in [0.5, 0.6) is 0 Å². The molecule has 2 fully saturated rings. The van der Waals surface area contributed by atoms with Crippen molar-refractivity contribution in [1.82, 2.24) is 14.9 Å². The zero-order valence-corrected chi connectivity index (χ0v) is 14.8. The van der Waals surface area contributed by atoms with E-state index in [0.717, 1.165) is 49.7 Å². The number of hydrogen-bond acceptors (Lipinski definition) is 4. The largest absolute Gasteiger partial charge is 0.354 e. The highest BCUT2D eigenvalue weighted by atomic mass is 16.2. The Kier molecular flexibility index (Phi) is 4.30. The van der Waals surface area contributed by atoms with Crippen molar-refractivity contribution in [2.75, 3.05) is 24.5 Å². The maximum Gasteiger partial charge on any atom is 0.222 e. The SMILES string of the molecule is Cc1cnc(C)c(N2CCC[C@]3(CCC(=O)N(C(C)C)C3)C2)n1. The van der Waals surface area contributed by atoms with Crippen LogP contribution in [0.25, 0.3) is 0 Å². The Morgan fingerprint density at radius 2 is 2.00 bits per heavy atom. The Hall–Kier alpha value is -1.65. The number of carbonyl (C=O) groups is 1. The summed E-state index contributed by atoms with van der Waals surface area (Å²) in [6.45, 7) is 11.2. The summed E-state index contributed by atoms with van der Waals surface area (Å²) in [4.78, 5) is 25.9. The van der Waals surface area contributed by atoms with Gasteiger partial charge in [-0.05, 0) is 47.0 Å². The molecule has 1 spiro atoms. The summed E-state index contributed by atoms with van der Waals surface area (Å²) in [5.74, 6) is 1.34. The molecule has 0 aromatic carbocycles. The molecule has 0 radical (unpaired) electrons.